The summed E-state index contributed by atoms with van der Waals surface area (Å²) < 4.78 is 0. The second-order valence-corrected chi connectivity index (χ2v) is 6.38. The van der Waals surface area contributed by atoms with Gasteiger partial charge in [-0.05, 0) is 32.0 Å². The molecule has 1 amide bonds. The molecule has 4 heteroatoms. The fraction of sp³-hybridized carbons (Fsp3) is 0.611. The Kier molecular flexibility index (Phi) is 6.40. The largest absolute Gasteiger partial charge is 0.340 e. The maximum atomic E-state index is 12.6. The van der Waals surface area contributed by atoms with Gasteiger partial charge in [0.05, 0.1) is 5.92 Å². The van der Waals surface area contributed by atoms with Crippen LogP contribution in [0, 0.1) is 5.92 Å². The van der Waals surface area contributed by atoms with E-state index < -0.39 is 0 Å². The van der Waals surface area contributed by atoms with Crippen molar-refractivity contribution >= 4 is 5.91 Å². The number of rotatable bonds is 5. The average Bonchev–Trinajstić information content (AvgIpc) is 2.54. The first kappa shape index (κ1) is 17.0. The van der Waals surface area contributed by atoms with Gasteiger partial charge in [-0.2, -0.15) is 0 Å². The van der Waals surface area contributed by atoms with E-state index in [4.69, 9.17) is 0 Å². The summed E-state index contributed by atoms with van der Waals surface area (Å²) in [6, 6.07) is 0. The molecule has 2 saturated heterocycles. The standard InChI is InChI=1S/C18H29N3O/c1-4-7-16(5-2)14-20-10-12-21(13-11-20)18(22)17-8-6-9-19(3)15-17/h4-5,7,17H,1-2,6,8-15H2,3H3/b16-7+. The molecule has 2 heterocycles. The first-order chi connectivity index (χ1) is 10.6. The number of hydrogen-bond acceptors (Lipinski definition) is 3. The number of hydrogen-bond donors (Lipinski definition) is 0. The van der Waals surface area contributed by atoms with E-state index in [0.29, 0.717) is 5.91 Å². The average molecular weight is 303 g/mol. The molecule has 0 bridgehead atoms. The highest BCUT2D eigenvalue weighted by molar-refractivity contribution is 5.79. The second-order valence-electron chi connectivity index (χ2n) is 6.38. The maximum Gasteiger partial charge on any atom is 0.227 e. The molecule has 0 spiro atoms. The van der Waals surface area contributed by atoms with E-state index in [2.05, 4.69) is 34.9 Å². The van der Waals surface area contributed by atoms with Crippen molar-refractivity contribution in [2.75, 3.05) is 52.9 Å². The van der Waals surface area contributed by atoms with E-state index in [0.717, 1.165) is 58.7 Å². The van der Waals surface area contributed by atoms with Crippen LogP contribution in [0.25, 0.3) is 0 Å². The zero-order chi connectivity index (χ0) is 15.9. The molecule has 22 heavy (non-hydrogen) atoms. The molecule has 0 aromatic heterocycles. The van der Waals surface area contributed by atoms with Crippen LogP contribution in [0.5, 0.6) is 0 Å². The van der Waals surface area contributed by atoms with Gasteiger partial charge in [0.2, 0.25) is 5.91 Å². The Labute approximate surface area is 134 Å². The monoisotopic (exact) mass is 303 g/mol. The Bertz CT molecular complexity index is 436. The molecule has 0 N–H and O–H groups in total. The SMILES string of the molecule is C=C/C=C(\C=C)CN1CCN(C(=O)C2CCCN(C)C2)CC1. The van der Waals surface area contributed by atoms with Crippen LogP contribution in [0.4, 0.5) is 0 Å². The molecule has 2 aliphatic rings. The van der Waals surface area contributed by atoms with Crippen LogP contribution in [0.1, 0.15) is 12.8 Å². The van der Waals surface area contributed by atoms with Gasteiger partial charge < -0.3 is 9.80 Å². The maximum absolute atomic E-state index is 12.6. The highest BCUT2D eigenvalue weighted by atomic mass is 16.2. The van der Waals surface area contributed by atoms with Crippen LogP contribution in [-0.2, 0) is 4.79 Å². The normalized spacial score (nSPS) is 25.0. The lowest BCUT2D eigenvalue weighted by Crippen LogP contribution is -2.52. The molecule has 122 valence electrons. The van der Waals surface area contributed by atoms with E-state index in [1.165, 1.54) is 5.57 Å². The molecule has 2 rings (SSSR count). The third kappa shape index (κ3) is 4.55. The smallest absolute Gasteiger partial charge is 0.227 e. The van der Waals surface area contributed by atoms with Crippen LogP contribution in [0.3, 0.4) is 0 Å². The van der Waals surface area contributed by atoms with Crippen molar-refractivity contribution in [2.45, 2.75) is 12.8 Å². The van der Waals surface area contributed by atoms with Gasteiger partial charge in [0, 0.05) is 39.3 Å². The summed E-state index contributed by atoms with van der Waals surface area (Å²) in [5, 5.41) is 0. The molecule has 0 aliphatic carbocycles. The van der Waals surface area contributed by atoms with Gasteiger partial charge in [-0.1, -0.05) is 31.4 Å². The number of carbonyl (C=O) groups excluding carboxylic acids is 1. The zero-order valence-corrected chi connectivity index (χ0v) is 13.8. The topological polar surface area (TPSA) is 26.8 Å². The highest BCUT2D eigenvalue weighted by Gasteiger charge is 2.29. The third-order valence-corrected chi connectivity index (χ3v) is 4.66. The first-order valence-electron chi connectivity index (χ1n) is 8.27. The molecule has 2 aliphatic heterocycles. The summed E-state index contributed by atoms with van der Waals surface area (Å²) in [7, 11) is 2.11. The summed E-state index contributed by atoms with van der Waals surface area (Å²) in [4.78, 5) is 19.3. The minimum absolute atomic E-state index is 0.203. The number of piperidine rings is 1. The molecular weight excluding hydrogens is 274 g/mol. The molecule has 1 atom stereocenters. The van der Waals surface area contributed by atoms with E-state index in [-0.39, 0.29) is 5.92 Å². The summed E-state index contributed by atoms with van der Waals surface area (Å²) in [6.45, 7) is 14.1. The van der Waals surface area contributed by atoms with Gasteiger partial charge in [-0.25, -0.2) is 0 Å². The molecule has 2 fully saturated rings. The lowest BCUT2D eigenvalue weighted by molar-refractivity contribution is -0.138. The summed E-state index contributed by atoms with van der Waals surface area (Å²) in [6.07, 6.45) is 7.88. The van der Waals surface area contributed by atoms with Gasteiger partial charge in [0.1, 0.15) is 0 Å². The Morgan fingerprint density at radius 3 is 2.50 bits per heavy atom. The van der Waals surface area contributed by atoms with Crippen molar-refractivity contribution in [3.63, 3.8) is 0 Å². The van der Waals surface area contributed by atoms with Crippen molar-refractivity contribution < 1.29 is 4.79 Å². The van der Waals surface area contributed by atoms with Crippen molar-refractivity contribution in [1.82, 2.24) is 14.7 Å². The van der Waals surface area contributed by atoms with E-state index in [9.17, 15) is 4.79 Å². The van der Waals surface area contributed by atoms with Gasteiger partial charge in [0.15, 0.2) is 0 Å². The Balaban J connectivity index is 1.81. The minimum Gasteiger partial charge on any atom is -0.340 e. The Hall–Kier alpha value is -1.39. The molecule has 0 aromatic carbocycles. The van der Waals surface area contributed by atoms with E-state index in [1.807, 2.05) is 12.2 Å². The van der Waals surface area contributed by atoms with Crippen LogP contribution in [-0.4, -0.2) is 73.5 Å². The number of nitrogens with zero attached hydrogens (tertiary/aromatic N) is 3. The highest BCUT2D eigenvalue weighted by Crippen LogP contribution is 2.19. The van der Waals surface area contributed by atoms with Crippen LogP contribution < -0.4 is 0 Å². The van der Waals surface area contributed by atoms with Crippen LogP contribution in [0.2, 0.25) is 0 Å². The fourth-order valence-electron chi connectivity index (χ4n) is 3.35. The summed E-state index contributed by atoms with van der Waals surface area (Å²) >= 11 is 0. The van der Waals surface area contributed by atoms with Gasteiger partial charge in [-0.15, -0.1) is 0 Å². The molecule has 0 radical (unpaired) electrons. The van der Waals surface area contributed by atoms with E-state index in [1.54, 1.807) is 6.08 Å². The van der Waals surface area contributed by atoms with Gasteiger partial charge in [0.25, 0.3) is 0 Å². The molecule has 1 unspecified atom stereocenters. The Morgan fingerprint density at radius 2 is 1.91 bits per heavy atom. The van der Waals surface area contributed by atoms with E-state index >= 15 is 0 Å². The lowest BCUT2D eigenvalue weighted by atomic mass is 9.96. The quantitative estimate of drug-likeness (QED) is 0.724. The van der Waals surface area contributed by atoms with Crippen molar-refractivity contribution in [3.05, 3.63) is 37.0 Å². The number of amides is 1. The zero-order valence-electron chi connectivity index (χ0n) is 13.8. The number of likely N-dealkylation sites (tertiary alicyclic amines) is 1. The third-order valence-electron chi connectivity index (χ3n) is 4.66. The predicted molar refractivity (Wildman–Crippen MR) is 91.7 cm³/mol. The predicted octanol–water partition coefficient (Wildman–Crippen LogP) is 1.77. The molecule has 4 nitrogen and oxygen atoms in total. The number of piperazine rings is 1. The number of allylic oxidation sites excluding steroid dienone is 2. The molecule has 0 aromatic rings. The van der Waals surface area contributed by atoms with Crippen LogP contribution in [0.15, 0.2) is 37.0 Å². The van der Waals surface area contributed by atoms with Crippen LogP contribution >= 0.6 is 0 Å². The summed E-state index contributed by atoms with van der Waals surface area (Å²) in [5.74, 6) is 0.562. The van der Waals surface area contributed by atoms with Crippen molar-refractivity contribution in [3.8, 4) is 0 Å². The lowest BCUT2D eigenvalue weighted by Gasteiger charge is -2.38. The van der Waals surface area contributed by atoms with Crippen molar-refractivity contribution in [1.29, 1.82) is 0 Å². The second kappa shape index (κ2) is 8.30. The Morgan fingerprint density at radius 1 is 1.18 bits per heavy atom. The van der Waals surface area contributed by atoms with Gasteiger partial charge >= 0.3 is 0 Å². The summed E-state index contributed by atoms with van der Waals surface area (Å²) in [5.41, 5.74) is 1.18. The van der Waals surface area contributed by atoms with Crippen molar-refractivity contribution in [2.24, 2.45) is 5.92 Å². The molecule has 0 saturated carbocycles. The number of carbonyl (C=O) groups is 1. The fourth-order valence-corrected chi connectivity index (χ4v) is 3.35. The van der Waals surface area contributed by atoms with Gasteiger partial charge in [-0.3, -0.25) is 9.69 Å². The minimum atomic E-state index is 0.203. The first-order valence-corrected chi connectivity index (χ1v) is 8.27. The molecular formula is C18H29N3O.